The second kappa shape index (κ2) is 5.99. The maximum Gasteiger partial charge on any atom is 0.308 e. The van der Waals surface area contributed by atoms with Gasteiger partial charge < -0.3 is 10.4 Å². The van der Waals surface area contributed by atoms with Crippen LogP contribution in [0.5, 0.6) is 0 Å². The minimum atomic E-state index is -0.777. The van der Waals surface area contributed by atoms with Gasteiger partial charge in [-0.3, -0.25) is 9.78 Å². The minimum absolute atomic E-state index is 0.0158. The van der Waals surface area contributed by atoms with Crippen LogP contribution in [0.3, 0.4) is 0 Å². The van der Waals surface area contributed by atoms with Crippen LogP contribution in [0.2, 0.25) is 0 Å². The van der Waals surface area contributed by atoms with Crippen LogP contribution >= 0.6 is 0 Å². The third-order valence-corrected chi connectivity index (χ3v) is 2.80. The topological polar surface area (TPSA) is 75.1 Å². The Labute approximate surface area is 114 Å². The Morgan fingerprint density at radius 3 is 2.58 bits per heavy atom. The zero-order valence-corrected chi connectivity index (χ0v) is 12.3. The molecule has 1 aromatic rings. The van der Waals surface area contributed by atoms with Crippen LogP contribution in [-0.4, -0.2) is 27.6 Å². The molecule has 1 unspecified atom stereocenters. The zero-order chi connectivity index (χ0) is 14.6. The highest BCUT2D eigenvalue weighted by molar-refractivity contribution is 5.70. The molecular weight excluding hydrogens is 242 g/mol. The van der Waals surface area contributed by atoms with Crippen molar-refractivity contribution in [1.82, 2.24) is 9.97 Å². The standard InChI is InChI=1S/C14H23N3O2/c1-9-7-15-10(2)12(17-9)16-8-11(13(18)19)6-14(3,4)5/h7,11H,6,8H2,1-5H3,(H,16,17)(H,18,19). The van der Waals surface area contributed by atoms with Gasteiger partial charge in [0.2, 0.25) is 0 Å². The van der Waals surface area contributed by atoms with Crippen LogP contribution in [0.4, 0.5) is 5.82 Å². The van der Waals surface area contributed by atoms with E-state index in [1.807, 2.05) is 34.6 Å². The van der Waals surface area contributed by atoms with Crippen molar-refractivity contribution in [2.45, 2.75) is 41.0 Å². The molecule has 0 aromatic carbocycles. The van der Waals surface area contributed by atoms with Gasteiger partial charge in [-0.25, -0.2) is 4.98 Å². The number of hydrogen-bond acceptors (Lipinski definition) is 4. The van der Waals surface area contributed by atoms with E-state index < -0.39 is 11.9 Å². The number of aliphatic carboxylic acids is 1. The summed E-state index contributed by atoms with van der Waals surface area (Å²) in [5.41, 5.74) is 1.58. The highest BCUT2D eigenvalue weighted by Gasteiger charge is 2.24. The highest BCUT2D eigenvalue weighted by Crippen LogP contribution is 2.25. The molecule has 0 radical (unpaired) electrons. The number of hydrogen-bond donors (Lipinski definition) is 2. The number of nitrogens with one attached hydrogen (secondary N) is 1. The summed E-state index contributed by atoms with van der Waals surface area (Å²) in [5.74, 6) is -0.539. The normalized spacial score (nSPS) is 13.1. The molecule has 1 atom stereocenters. The van der Waals surface area contributed by atoms with Crippen LogP contribution in [0.15, 0.2) is 6.20 Å². The summed E-state index contributed by atoms with van der Waals surface area (Å²) < 4.78 is 0. The number of carboxylic acid groups (broad SMARTS) is 1. The van der Waals surface area contributed by atoms with Crippen LogP contribution < -0.4 is 5.32 Å². The first-order valence-corrected chi connectivity index (χ1v) is 6.46. The van der Waals surface area contributed by atoms with Gasteiger partial charge >= 0.3 is 5.97 Å². The Kier molecular flexibility index (Phi) is 4.86. The molecule has 1 heterocycles. The third kappa shape index (κ3) is 5.24. The lowest BCUT2D eigenvalue weighted by Crippen LogP contribution is -2.28. The third-order valence-electron chi connectivity index (χ3n) is 2.80. The molecule has 0 aliphatic carbocycles. The van der Waals surface area contributed by atoms with Crippen LogP contribution in [0.25, 0.3) is 0 Å². The van der Waals surface area contributed by atoms with Gasteiger partial charge in [-0.05, 0) is 25.7 Å². The lowest BCUT2D eigenvalue weighted by atomic mass is 9.84. The van der Waals surface area contributed by atoms with Crippen molar-refractivity contribution >= 4 is 11.8 Å². The van der Waals surface area contributed by atoms with E-state index in [1.165, 1.54) is 0 Å². The van der Waals surface area contributed by atoms with E-state index in [0.29, 0.717) is 18.8 Å². The van der Waals surface area contributed by atoms with E-state index in [0.717, 1.165) is 11.4 Å². The van der Waals surface area contributed by atoms with Crippen molar-refractivity contribution < 1.29 is 9.90 Å². The lowest BCUT2D eigenvalue weighted by Gasteiger charge is -2.23. The number of carbonyl (C=O) groups is 1. The Morgan fingerprint density at radius 2 is 2.05 bits per heavy atom. The molecule has 2 N–H and O–H groups in total. The molecule has 0 fully saturated rings. The summed E-state index contributed by atoms with van der Waals surface area (Å²) >= 11 is 0. The van der Waals surface area contributed by atoms with Gasteiger partial charge in [0.15, 0.2) is 0 Å². The average molecular weight is 265 g/mol. The van der Waals surface area contributed by atoms with Gasteiger partial charge in [-0.15, -0.1) is 0 Å². The maximum absolute atomic E-state index is 11.3. The number of anilines is 1. The summed E-state index contributed by atoms with van der Waals surface area (Å²) in [6, 6.07) is 0. The van der Waals surface area contributed by atoms with Crippen molar-refractivity contribution in [3.05, 3.63) is 17.6 Å². The van der Waals surface area contributed by atoms with E-state index in [-0.39, 0.29) is 5.41 Å². The second-order valence-corrected chi connectivity index (χ2v) is 6.13. The first kappa shape index (κ1) is 15.4. The van der Waals surface area contributed by atoms with Crippen molar-refractivity contribution in [1.29, 1.82) is 0 Å². The number of nitrogens with zero attached hydrogens (tertiary/aromatic N) is 2. The van der Waals surface area contributed by atoms with Crippen LogP contribution in [-0.2, 0) is 4.79 Å². The molecule has 5 nitrogen and oxygen atoms in total. The van der Waals surface area contributed by atoms with E-state index >= 15 is 0 Å². The van der Waals surface area contributed by atoms with Crippen molar-refractivity contribution in [3.63, 3.8) is 0 Å². The number of carboxylic acids is 1. The SMILES string of the molecule is Cc1cnc(C)c(NCC(CC(C)(C)C)C(=O)O)n1. The Morgan fingerprint density at radius 1 is 1.42 bits per heavy atom. The van der Waals surface area contributed by atoms with Gasteiger partial charge in [0.1, 0.15) is 5.82 Å². The molecular formula is C14H23N3O2. The fraction of sp³-hybridized carbons (Fsp3) is 0.643. The first-order valence-electron chi connectivity index (χ1n) is 6.46. The maximum atomic E-state index is 11.3. The molecule has 19 heavy (non-hydrogen) atoms. The summed E-state index contributed by atoms with van der Waals surface area (Å²) in [6.07, 6.45) is 2.32. The van der Waals surface area contributed by atoms with Crippen molar-refractivity contribution in [2.75, 3.05) is 11.9 Å². The summed E-state index contributed by atoms with van der Waals surface area (Å²) in [5, 5.41) is 12.4. The largest absolute Gasteiger partial charge is 0.481 e. The minimum Gasteiger partial charge on any atom is -0.481 e. The van der Waals surface area contributed by atoms with Gasteiger partial charge in [-0.2, -0.15) is 0 Å². The van der Waals surface area contributed by atoms with Gasteiger partial charge in [0, 0.05) is 12.7 Å². The molecule has 0 spiro atoms. The molecule has 5 heteroatoms. The highest BCUT2D eigenvalue weighted by atomic mass is 16.4. The Balaban J connectivity index is 2.71. The predicted octanol–water partition coefficient (Wildman–Crippen LogP) is 2.64. The van der Waals surface area contributed by atoms with Crippen LogP contribution in [0.1, 0.15) is 38.6 Å². The molecule has 0 aliphatic rings. The van der Waals surface area contributed by atoms with Gasteiger partial charge in [-0.1, -0.05) is 20.8 Å². The van der Waals surface area contributed by atoms with Crippen molar-refractivity contribution in [2.24, 2.45) is 11.3 Å². The first-order chi connectivity index (χ1) is 8.69. The molecule has 1 aromatic heterocycles. The Bertz CT molecular complexity index is 452. The fourth-order valence-electron chi connectivity index (χ4n) is 1.91. The second-order valence-electron chi connectivity index (χ2n) is 6.13. The molecule has 106 valence electrons. The van der Waals surface area contributed by atoms with E-state index in [1.54, 1.807) is 6.20 Å². The van der Waals surface area contributed by atoms with Crippen LogP contribution in [0, 0.1) is 25.2 Å². The smallest absolute Gasteiger partial charge is 0.308 e. The van der Waals surface area contributed by atoms with Gasteiger partial charge in [0.25, 0.3) is 0 Å². The van der Waals surface area contributed by atoms with E-state index in [2.05, 4.69) is 15.3 Å². The van der Waals surface area contributed by atoms with E-state index in [9.17, 15) is 9.90 Å². The quantitative estimate of drug-likeness (QED) is 0.856. The fourth-order valence-corrected chi connectivity index (χ4v) is 1.91. The summed E-state index contributed by atoms with van der Waals surface area (Å²) in [4.78, 5) is 19.8. The molecule has 1 rings (SSSR count). The van der Waals surface area contributed by atoms with Gasteiger partial charge in [0.05, 0.1) is 17.3 Å². The number of aromatic nitrogens is 2. The monoisotopic (exact) mass is 265 g/mol. The van der Waals surface area contributed by atoms with E-state index in [4.69, 9.17) is 0 Å². The average Bonchev–Trinajstić information content (AvgIpc) is 2.26. The molecule has 0 bridgehead atoms. The van der Waals surface area contributed by atoms with Crippen molar-refractivity contribution in [3.8, 4) is 0 Å². The Hall–Kier alpha value is -1.65. The lowest BCUT2D eigenvalue weighted by molar-refractivity contribution is -0.142. The molecule has 0 amide bonds. The molecule has 0 saturated heterocycles. The number of aryl methyl sites for hydroxylation is 2. The predicted molar refractivity (Wildman–Crippen MR) is 75.2 cm³/mol. The zero-order valence-electron chi connectivity index (χ0n) is 12.3. The molecule has 0 aliphatic heterocycles. The number of rotatable bonds is 5. The summed E-state index contributed by atoms with van der Waals surface area (Å²) in [7, 11) is 0. The molecule has 0 saturated carbocycles. The summed E-state index contributed by atoms with van der Waals surface area (Å²) in [6.45, 7) is 10.2.